The topological polar surface area (TPSA) is 40.5 Å². The van der Waals surface area contributed by atoms with E-state index in [4.69, 9.17) is 0 Å². The maximum absolute atomic E-state index is 11.4. The number of aromatic carboxylic acids is 1. The lowest BCUT2D eigenvalue weighted by Gasteiger charge is -2.26. The highest BCUT2D eigenvalue weighted by atomic mass is 16.4. The van der Waals surface area contributed by atoms with E-state index in [0.29, 0.717) is 0 Å². The summed E-state index contributed by atoms with van der Waals surface area (Å²) in [5.41, 5.74) is 5.94. The maximum atomic E-state index is 11.4. The van der Waals surface area contributed by atoms with Gasteiger partial charge in [-0.1, -0.05) is 62.4 Å². The van der Waals surface area contributed by atoms with Gasteiger partial charge < -0.3 is 10.0 Å². The highest BCUT2D eigenvalue weighted by Crippen LogP contribution is 2.38. The molecule has 0 aromatic heterocycles. The molecule has 0 unspecified atom stereocenters. The number of rotatable bonds is 6. The third kappa shape index (κ3) is 3.90. The number of aryl methyl sites for hydroxylation is 2. The van der Waals surface area contributed by atoms with Crippen LogP contribution in [0, 0.1) is 0 Å². The fraction of sp³-hybridized carbons (Fsp3) is 0.129. The predicted octanol–water partition coefficient (Wildman–Crippen LogP) is 8.29. The van der Waals surface area contributed by atoms with E-state index < -0.39 is 5.97 Å². The van der Waals surface area contributed by atoms with E-state index in [2.05, 4.69) is 91.5 Å². The van der Waals surface area contributed by atoms with Gasteiger partial charge in [-0.05, 0) is 94.0 Å². The average molecular weight is 446 g/mol. The lowest BCUT2D eigenvalue weighted by molar-refractivity contribution is 0.0697. The Kier molecular flexibility index (Phi) is 5.77. The van der Waals surface area contributed by atoms with Crippen molar-refractivity contribution in [2.75, 3.05) is 4.90 Å². The van der Waals surface area contributed by atoms with Crippen molar-refractivity contribution in [1.29, 1.82) is 0 Å². The molecule has 168 valence electrons. The van der Waals surface area contributed by atoms with Gasteiger partial charge >= 0.3 is 5.97 Å². The highest BCUT2D eigenvalue weighted by Gasteiger charge is 2.15. The molecule has 0 saturated carbocycles. The smallest absolute Gasteiger partial charge is 0.335 e. The normalized spacial score (nSPS) is 11.1. The van der Waals surface area contributed by atoms with E-state index in [1.807, 2.05) is 12.1 Å². The number of anilines is 3. The number of benzene rings is 5. The molecule has 34 heavy (non-hydrogen) atoms. The van der Waals surface area contributed by atoms with Crippen molar-refractivity contribution in [3.63, 3.8) is 0 Å². The fourth-order valence-electron chi connectivity index (χ4n) is 4.77. The molecular formula is C31H27NO2. The number of carboxylic acids is 1. The van der Waals surface area contributed by atoms with Crippen LogP contribution in [0.3, 0.4) is 0 Å². The summed E-state index contributed by atoms with van der Waals surface area (Å²) in [4.78, 5) is 13.6. The summed E-state index contributed by atoms with van der Waals surface area (Å²) >= 11 is 0. The lowest BCUT2D eigenvalue weighted by Crippen LogP contribution is -2.10. The molecule has 0 saturated heterocycles. The molecule has 0 bridgehead atoms. The van der Waals surface area contributed by atoms with Gasteiger partial charge in [0.25, 0.3) is 0 Å². The predicted molar refractivity (Wildman–Crippen MR) is 142 cm³/mol. The summed E-state index contributed by atoms with van der Waals surface area (Å²) in [6.45, 7) is 4.36. The van der Waals surface area contributed by atoms with Gasteiger partial charge in [0.1, 0.15) is 0 Å². The summed E-state index contributed by atoms with van der Waals surface area (Å²) in [6, 6.07) is 33.1. The van der Waals surface area contributed by atoms with Crippen LogP contribution in [0.1, 0.15) is 35.3 Å². The Labute approximate surface area is 199 Å². The Hall–Kier alpha value is -4.11. The molecule has 0 fully saturated rings. The second-order valence-electron chi connectivity index (χ2n) is 8.54. The number of hydrogen-bond acceptors (Lipinski definition) is 2. The molecule has 0 spiro atoms. The third-order valence-electron chi connectivity index (χ3n) is 6.56. The number of hydrogen-bond donors (Lipinski definition) is 1. The van der Waals surface area contributed by atoms with E-state index in [1.54, 1.807) is 12.1 Å². The maximum Gasteiger partial charge on any atom is 0.335 e. The standard InChI is InChI=1S/C31H27NO2/c1-3-21-7-5-9-24-19-27(15-17-29(21)24)32(26-13-11-23(12-14-26)31(33)34)28-16-18-30-22(4-2)8-6-10-25(30)20-28/h5-20H,3-4H2,1-2H3,(H,33,34). The Bertz CT molecular complexity index is 1410. The van der Waals surface area contributed by atoms with Crippen LogP contribution in [0.15, 0.2) is 97.1 Å². The van der Waals surface area contributed by atoms with Gasteiger partial charge in [0.05, 0.1) is 5.56 Å². The average Bonchev–Trinajstić information content (AvgIpc) is 2.88. The minimum absolute atomic E-state index is 0.279. The molecule has 3 heteroatoms. The minimum Gasteiger partial charge on any atom is -0.478 e. The SMILES string of the molecule is CCc1cccc2cc(N(c3ccc(C(=O)O)cc3)c3ccc4c(CC)cccc4c3)ccc12. The van der Waals surface area contributed by atoms with Gasteiger partial charge in [0.2, 0.25) is 0 Å². The Balaban J connectivity index is 1.70. The van der Waals surface area contributed by atoms with E-state index in [9.17, 15) is 9.90 Å². The van der Waals surface area contributed by atoms with Crippen LogP contribution in [0.25, 0.3) is 21.5 Å². The van der Waals surface area contributed by atoms with Crippen molar-refractivity contribution in [3.05, 3.63) is 114 Å². The van der Waals surface area contributed by atoms with Crippen molar-refractivity contribution < 1.29 is 9.90 Å². The van der Waals surface area contributed by atoms with Gasteiger partial charge in [-0.2, -0.15) is 0 Å². The fourth-order valence-corrected chi connectivity index (χ4v) is 4.77. The molecular weight excluding hydrogens is 418 g/mol. The molecule has 0 atom stereocenters. The van der Waals surface area contributed by atoms with Gasteiger partial charge in [-0.3, -0.25) is 0 Å². The molecule has 3 nitrogen and oxygen atoms in total. The summed E-state index contributed by atoms with van der Waals surface area (Å²) < 4.78 is 0. The molecule has 0 aliphatic rings. The number of carbonyl (C=O) groups is 1. The van der Waals surface area contributed by atoms with E-state index in [1.165, 1.54) is 32.7 Å². The molecule has 0 amide bonds. The first kappa shape index (κ1) is 21.7. The van der Waals surface area contributed by atoms with Crippen LogP contribution in [0.4, 0.5) is 17.1 Å². The lowest BCUT2D eigenvalue weighted by atomic mass is 10.00. The molecule has 0 aliphatic carbocycles. The summed E-state index contributed by atoms with van der Waals surface area (Å²) in [5, 5.41) is 14.3. The van der Waals surface area contributed by atoms with Crippen molar-refractivity contribution in [1.82, 2.24) is 0 Å². The van der Waals surface area contributed by atoms with Crippen LogP contribution in [0.2, 0.25) is 0 Å². The Morgan fingerprint density at radius 3 is 1.56 bits per heavy atom. The number of carboxylic acid groups (broad SMARTS) is 1. The second kappa shape index (κ2) is 9.03. The molecule has 5 aromatic rings. The first-order valence-corrected chi connectivity index (χ1v) is 11.8. The van der Waals surface area contributed by atoms with Crippen LogP contribution in [-0.2, 0) is 12.8 Å². The first-order valence-electron chi connectivity index (χ1n) is 11.8. The molecule has 0 aliphatic heterocycles. The monoisotopic (exact) mass is 445 g/mol. The van der Waals surface area contributed by atoms with Crippen LogP contribution in [0.5, 0.6) is 0 Å². The zero-order chi connectivity index (χ0) is 23.7. The van der Waals surface area contributed by atoms with Crippen LogP contribution < -0.4 is 4.90 Å². The Morgan fingerprint density at radius 2 is 1.12 bits per heavy atom. The molecule has 0 heterocycles. The van der Waals surface area contributed by atoms with Gasteiger partial charge in [-0.15, -0.1) is 0 Å². The number of nitrogens with zero attached hydrogens (tertiary/aromatic N) is 1. The van der Waals surface area contributed by atoms with E-state index in [0.717, 1.165) is 29.9 Å². The molecule has 5 aromatic carbocycles. The zero-order valence-corrected chi connectivity index (χ0v) is 19.5. The molecule has 1 N–H and O–H groups in total. The third-order valence-corrected chi connectivity index (χ3v) is 6.56. The summed E-state index contributed by atoms with van der Waals surface area (Å²) in [6.07, 6.45) is 1.98. The summed E-state index contributed by atoms with van der Waals surface area (Å²) in [5.74, 6) is -0.922. The second-order valence-corrected chi connectivity index (χ2v) is 8.54. The number of fused-ring (bicyclic) bond motifs is 2. The van der Waals surface area contributed by atoms with Crippen molar-refractivity contribution >= 4 is 44.6 Å². The van der Waals surface area contributed by atoms with Gasteiger partial charge in [-0.25, -0.2) is 4.79 Å². The van der Waals surface area contributed by atoms with Crippen LogP contribution in [-0.4, -0.2) is 11.1 Å². The van der Waals surface area contributed by atoms with Gasteiger partial charge in [0.15, 0.2) is 0 Å². The minimum atomic E-state index is -0.922. The van der Waals surface area contributed by atoms with Crippen molar-refractivity contribution in [3.8, 4) is 0 Å². The Morgan fingerprint density at radius 1 is 0.647 bits per heavy atom. The zero-order valence-electron chi connectivity index (χ0n) is 19.5. The van der Waals surface area contributed by atoms with Gasteiger partial charge in [0, 0.05) is 17.1 Å². The van der Waals surface area contributed by atoms with Crippen molar-refractivity contribution in [2.24, 2.45) is 0 Å². The quantitative estimate of drug-likeness (QED) is 0.286. The summed E-state index contributed by atoms with van der Waals surface area (Å²) in [7, 11) is 0. The first-order chi connectivity index (χ1) is 16.6. The molecule has 5 rings (SSSR count). The van der Waals surface area contributed by atoms with Crippen LogP contribution >= 0.6 is 0 Å². The largest absolute Gasteiger partial charge is 0.478 e. The van der Waals surface area contributed by atoms with E-state index in [-0.39, 0.29) is 5.56 Å². The van der Waals surface area contributed by atoms with Crippen molar-refractivity contribution in [2.45, 2.75) is 26.7 Å². The molecule has 0 radical (unpaired) electrons. The highest BCUT2D eigenvalue weighted by molar-refractivity contribution is 5.95. The van der Waals surface area contributed by atoms with E-state index >= 15 is 0 Å².